The number of piperidine rings is 1. The molecule has 0 radical (unpaired) electrons. The molecule has 2 amide bonds. The zero-order valence-electron chi connectivity index (χ0n) is 11.1. The van der Waals surface area contributed by atoms with Gasteiger partial charge in [0.15, 0.2) is 0 Å². The van der Waals surface area contributed by atoms with E-state index >= 15 is 0 Å². The lowest BCUT2D eigenvalue weighted by Gasteiger charge is -2.27. The highest BCUT2D eigenvalue weighted by atomic mass is 32.2. The maximum absolute atomic E-state index is 12.2. The summed E-state index contributed by atoms with van der Waals surface area (Å²) in [5.74, 6) is -1.98. The first kappa shape index (κ1) is 16.3. The van der Waals surface area contributed by atoms with Gasteiger partial charge in [0.1, 0.15) is 12.0 Å². The van der Waals surface area contributed by atoms with Crippen LogP contribution in [0.15, 0.2) is 59.8 Å². The van der Waals surface area contributed by atoms with Crippen LogP contribution < -0.4 is 0 Å². The van der Waals surface area contributed by atoms with Gasteiger partial charge in [0, 0.05) is 11.1 Å². The molecule has 0 N–H and O–H groups in total. The molecule has 116 valence electrons. The van der Waals surface area contributed by atoms with E-state index in [-0.39, 0.29) is 21.8 Å². The van der Waals surface area contributed by atoms with Crippen LogP contribution in [0.1, 0.15) is 6.42 Å². The van der Waals surface area contributed by atoms with E-state index in [2.05, 4.69) is 10.9 Å². The second-order valence-electron chi connectivity index (χ2n) is 4.24. The largest absolute Gasteiger partial charge is 0.470 e. The Hall–Kier alpha value is -2.06. The Kier molecular flexibility index (Phi) is 4.72. The van der Waals surface area contributed by atoms with Crippen molar-refractivity contribution < 1.29 is 27.0 Å². The van der Waals surface area contributed by atoms with Gasteiger partial charge in [0.25, 0.3) is 11.8 Å². The van der Waals surface area contributed by atoms with E-state index in [1.807, 2.05) is 0 Å². The third kappa shape index (κ3) is 3.58. The standard InChI is InChI=1S/C14H10F3NO3S/c1-9-10-7-5-3-2-4-6-8-11(9)13(20)18(12(10)19)21-22-14(15,16)17/h3-8H,1-2H2/b5-3-,6-4-,10-7+,11-8+. The number of nitrogens with zero attached hydrogens (tertiary/aromatic N) is 1. The summed E-state index contributed by atoms with van der Waals surface area (Å²) in [7, 11) is 0. The zero-order chi connectivity index (χ0) is 16.3. The predicted octanol–water partition coefficient (Wildman–Crippen LogP) is 3.38. The van der Waals surface area contributed by atoms with Gasteiger partial charge in [-0.1, -0.05) is 30.9 Å². The smallest absolute Gasteiger partial charge is 0.266 e. The second kappa shape index (κ2) is 6.37. The summed E-state index contributed by atoms with van der Waals surface area (Å²) in [6, 6.07) is 0. The maximum atomic E-state index is 12.2. The summed E-state index contributed by atoms with van der Waals surface area (Å²) in [5.41, 5.74) is -4.60. The molecule has 1 saturated heterocycles. The molecule has 2 aliphatic rings. The van der Waals surface area contributed by atoms with E-state index < -0.39 is 29.4 Å². The van der Waals surface area contributed by atoms with Gasteiger partial charge in [-0.05, 0) is 24.1 Å². The molecule has 8 heteroatoms. The summed E-state index contributed by atoms with van der Waals surface area (Å²) >= 11 is -0.927. The zero-order valence-corrected chi connectivity index (χ0v) is 11.9. The number of halogens is 3. The molecule has 2 bridgehead atoms. The van der Waals surface area contributed by atoms with Crippen molar-refractivity contribution in [2.24, 2.45) is 0 Å². The molecular weight excluding hydrogens is 319 g/mol. The number of alkyl halides is 3. The van der Waals surface area contributed by atoms with Crippen molar-refractivity contribution in [3.63, 3.8) is 0 Å². The summed E-state index contributed by atoms with van der Waals surface area (Å²) in [6.45, 7) is 3.66. The fraction of sp³-hybridized carbons (Fsp3) is 0.143. The monoisotopic (exact) mass is 329 g/mol. The van der Waals surface area contributed by atoms with Crippen molar-refractivity contribution >= 4 is 23.9 Å². The minimum absolute atomic E-state index is 0.000162. The molecule has 22 heavy (non-hydrogen) atoms. The minimum atomic E-state index is -4.74. The number of carbonyl (C=O) groups excluding carboxylic acids is 2. The fourth-order valence-electron chi connectivity index (χ4n) is 1.77. The number of carbonyl (C=O) groups is 2. The van der Waals surface area contributed by atoms with Crippen molar-refractivity contribution in [3.8, 4) is 0 Å². The Morgan fingerprint density at radius 2 is 1.59 bits per heavy atom. The first-order valence-corrected chi connectivity index (χ1v) is 6.80. The normalized spacial score (nSPS) is 26.9. The van der Waals surface area contributed by atoms with E-state index in [0.29, 0.717) is 6.42 Å². The van der Waals surface area contributed by atoms with Gasteiger partial charge in [0.05, 0.1) is 0 Å². The lowest BCUT2D eigenvalue weighted by molar-refractivity contribution is -0.166. The number of fused-ring (bicyclic) bond motifs is 2. The molecule has 0 aromatic rings. The van der Waals surface area contributed by atoms with Crippen molar-refractivity contribution in [3.05, 3.63) is 59.8 Å². The summed E-state index contributed by atoms with van der Waals surface area (Å²) in [4.78, 5) is 24.3. The first-order chi connectivity index (χ1) is 10.3. The van der Waals surface area contributed by atoms with Gasteiger partial charge in [-0.25, -0.2) is 0 Å². The van der Waals surface area contributed by atoms with Crippen LogP contribution in [-0.2, 0) is 13.9 Å². The van der Waals surface area contributed by atoms with Crippen LogP contribution in [0.25, 0.3) is 0 Å². The maximum Gasteiger partial charge on any atom is 0.470 e. The van der Waals surface area contributed by atoms with Crippen LogP contribution in [0.4, 0.5) is 13.2 Å². The average molecular weight is 329 g/mol. The van der Waals surface area contributed by atoms with Crippen molar-refractivity contribution in [1.82, 2.24) is 5.06 Å². The van der Waals surface area contributed by atoms with E-state index in [0.717, 1.165) is 0 Å². The lowest BCUT2D eigenvalue weighted by atomic mass is 9.92. The molecule has 4 nitrogen and oxygen atoms in total. The van der Waals surface area contributed by atoms with Crippen molar-refractivity contribution in [1.29, 1.82) is 0 Å². The van der Waals surface area contributed by atoms with Crippen LogP contribution >= 0.6 is 12.0 Å². The fourth-order valence-corrected chi connectivity index (χ4v) is 2.06. The molecular formula is C14H10F3NO3S. The van der Waals surface area contributed by atoms with Crippen LogP contribution in [0.5, 0.6) is 0 Å². The Bertz CT molecular complexity index is 600. The molecule has 0 aromatic heterocycles. The molecule has 1 heterocycles. The Balaban J connectivity index is 2.39. The third-order valence-corrected chi connectivity index (χ3v) is 3.17. The highest BCUT2D eigenvalue weighted by Gasteiger charge is 2.41. The topological polar surface area (TPSA) is 46.6 Å². The summed E-state index contributed by atoms with van der Waals surface area (Å²) in [6.07, 6.45) is 9.99. The van der Waals surface area contributed by atoms with Crippen molar-refractivity contribution in [2.45, 2.75) is 11.9 Å². The van der Waals surface area contributed by atoms with E-state index in [4.69, 9.17) is 0 Å². The molecule has 0 aromatic carbocycles. The van der Waals surface area contributed by atoms with Gasteiger partial charge < -0.3 is 0 Å². The average Bonchev–Trinajstić information content (AvgIpc) is 2.42. The van der Waals surface area contributed by atoms with Crippen LogP contribution in [0, 0.1) is 0 Å². The number of amides is 2. The molecule has 1 aliphatic carbocycles. The van der Waals surface area contributed by atoms with Crippen LogP contribution in [0.2, 0.25) is 0 Å². The van der Waals surface area contributed by atoms with Crippen LogP contribution in [-0.4, -0.2) is 22.4 Å². The number of imide groups is 1. The van der Waals surface area contributed by atoms with Gasteiger partial charge in [0.2, 0.25) is 0 Å². The van der Waals surface area contributed by atoms with E-state index in [1.54, 1.807) is 24.3 Å². The Labute approximate surface area is 128 Å². The van der Waals surface area contributed by atoms with E-state index in [9.17, 15) is 22.8 Å². The molecule has 1 aliphatic heterocycles. The van der Waals surface area contributed by atoms with Gasteiger partial charge in [-0.2, -0.15) is 17.5 Å². The third-order valence-electron chi connectivity index (χ3n) is 2.76. The predicted molar refractivity (Wildman–Crippen MR) is 74.8 cm³/mol. The van der Waals surface area contributed by atoms with E-state index in [1.165, 1.54) is 12.2 Å². The molecule has 0 unspecified atom stereocenters. The lowest BCUT2D eigenvalue weighted by Crippen LogP contribution is -2.42. The second-order valence-corrected chi connectivity index (χ2v) is 5.02. The SMILES string of the molecule is C=C1/C2=C\C=C/C/C=C\C=C/1C(=O)N(OSC(F)(F)F)C2=O. The minimum Gasteiger partial charge on any atom is -0.266 e. The first-order valence-electron chi connectivity index (χ1n) is 6.06. The van der Waals surface area contributed by atoms with Crippen molar-refractivity contribution in [2.75, 3.05) is 0 Å². The molecule has 0 spiro atoms. The highest BCUT2D eigenvalue weighted by molar-refractivity contribution is 7.95. The van der Waals surface area contributed by atoms with Gasteiger partial charge >= 0.3 is 5.51 Å². The number of allylic oxidation sites excluding steroid dienone is 6. The Morgan fingerprint density at radius 3 is 2.05 bits per heavy atom. The van der Waals surface area contributed by atoms with Gasteiger partial charge in [-0.3, -0.25) is 9.59 Å². The molecule has 2 rings (SSSR count). The number of hydrogen-bond donors (Lipinski definition) is 0. The quantitative estimate of drug-likeness (QED) is 0.575. The highest BCUT2D eigenvalue weighted by Crippen LogP contribution is 2.35. The summed E-state index contributed by atoms with van der Waals surface area (Å²) < 4.78 is 40.9. The Morgan fingerprint density at radius 1 is 1.09 bits per heavy atom. The molecule has 1 fully saturated rings. The molecule has 0 saturated carbocycles. The van der Waals surface area contributed by atoms with Crippen LogP contribution in [0.3, 0.4) is 0 Å². The molecule has 0 atom stereocenters. The number of hydroxylamine groups is 2. The number of hydrogen-bond acceptors (Lipinski definition) is 4. The number of rotatable bonds is 2. The van der Waals surface area contributed by atoms with Gasteiger partial charge in [-0.15, -0.1) is 5.06 Å². The summed E-state index contributed by atoms with van der Waals surface area (Å²) in [5, 5.41) is 0.0911.